The summed E-state index contributed by atoms with van der Waals surface area (Å²) in [6.45, 7) is 3.26. The second-order valence-corrected chi connectivity index (χ2v) is 4.57. The SMILES string of the molecule is O=Cc1ccc(N2CCCN(CC(=O)O)CC2)cn1. The van der Waals surface area contributed by atoms with Gasteiger partial charge in [0, 0.05) is 26.2 Å². The van der Waals surface area contributed by atoms with E-state index in [-0.39, 0.29) is 6.54 Å². The molecule has 1 aliphatic rings. The number of carboxylic acid groups (broad SMARTS) is 1. The summed E-state index contributed by atoms with van der Waals surface area (Å²) in [6.07, 6.45) is 3.33. The Balaban J connectivity index is 1.97. The van der Waals surface area contributed by atoms with Crippen molar-refractivity contribution in [3.8, 4) is 0 Å². The summed E-state index contributed by atoms with van der Waals surface area (Å²) in [5, 5.41) is 8.80. The van der Waals surface area contributed by atoms with E-state index in [0.717, 1.165) is 44.6 Å². The Bertz CT molecular complexity index is 447. The summed E-state index contributed by atoms with van der Waals surface area (Å²) in [5.74, 6) is -0.787. The van der Waals surface area contributed by atoms with Gasteiger partial charge in [0.05, 0.1) is 18.4 Å². The van der Waals surface area contributed by atoms with Crippen molar-refractivity contribution in [3.63, 3.8) is 0 Å². The Hall–Kier alpha value is -1.95. The van der Waals surface area contributed by atoms with Gasteiger partial charge in [0.25, 0.3) is 0 Å². The molecule has 0 atom stereocenters. The van der Waals surface area contributed by atoms with Gasteiger partial charge < -0.3 is 10.0 Å². The van der Waals surface area contributed by atoms with Gasteiger partial charge in [-0.15, -0.1) is 0 Å². The van der Waals surface area contributed by atoms with Crippen LogP contribution in [0.25, 0.3) is 0 Å². The molecular formula is C13H17N3O3. The van der Waals surface area contributed by atoms with Crippen molar-refractivity contribution in [1.29, 1.82) is 0 Å². The molecule has 102 valence electrons. The molecule has 1 N–H and O–H groups in total. The average Bonchev–Trinajstić information content (AvgIpc) is 2.64. The number of nitrogens with zero attached hydrogens (tertiary/aromatic N) is 3. The van der Waals surface area contributed by atoms with Crippen molar-refractivity contribution < 1.29 is 14.7 Å². The molecule has 1 aromatic heterocycles. The van der Waals surface area contributed by atoms with E-state index < -0.39 is 5.97 Å². The smallest absolute Gasteiger partial charge is 0.317 e. The minimum Gasteiger partial charge on any atom is -0.480 e. The van der Waals surface area contributed by atoms with E-state index in [1.165, 1.54) is 0 Å². The molecule has 0 saturated carbocycles. The van der Waals surface area contributed by atoms with E-state index in [1.54, 1.807) is 12.3 Å². The number of aromatic nitrogens is 1. The lowest BCUT2D eigenvalue weighted by Crippen LogP contribution is -2.34. The van der Waals surface area contributed by atoms with Gasteiger partial charge in [-0.25, -0.2) is 0 Å². The number of carbonyl (C=O) groups excluding carboxylic acids is 1. The van der Waals surface area contributed by atoms with Gasteiger partial charge in [-0.05, 0) is 18.6 Å². The maximum Gasteiger partial charge on any atom is 0.317 e. The van der Waals surface area contributed by atoms with Gasteiger partial charge in [-0.1, -0.05) is 0 Å². The van der Waals surface area contributed by atoms with Crippen LogP contribution in [0.1, 0.15) is 16.9 Å². The predicted molar refractivity (Wildman–Crippen MR) is 70.5 cm³/mol. The Labute approximate surface area is 111 Å². The van der Waals surface area contributed by atoms with Crippen LogP contribution < -0.4 is 4.90 Å². The van der Waals surface area contributed by atoms with Crippen LogP contribution in [0.5, 0.6) is 0 Å². The molecule has 2 rings (SSSR count). The monoisotopic (exact) mass is 263 g/mol. The number of rotatable bonds is 4. The average molecular weight is 263 g/mol. The lowest BCUT2D eigenvalue weighted by atomic mass is 10.3. The van der Waals surface area contributed by atoms with Crippen molar-refractivity contribution in [2.75, 3.05) is 37.6 Å². The van der Waals surface area contributed by atoms with Crippen LogP contribution in [0.2, 0.25) is 0 Å². The Morgan fingerprint density at radius 3 is 2.79 bits per heavy atom. The number of hydrogen-bond donors (Lipinski definition) is 1. The molecule has 6 nitrogen and oxygen atoms in total. The third-order valence-electron chi connectivity index (χ3n) is 3.20. The second kappa shape index (κ2) is 6.29. The summed E-state index contributed by atoms with van der Waals surface area (Å²) in [7, 11) is 0. The van der Waals surface area contributed by atoms with E-state index >= 15 is 0 Å². The highest BCUT2D eigenvalue weighted by Gasteiger charge is 2.17. The molecule has 6 heteroatoms. The zero-order chi connectivity index (χ0) is 13.7. The summed E-state index contributed by atoms with van der Waals surface area (Å²) < 4.78 is 0. The normalized spacial score (nSPS) is 16.9. The molecule has 1 fully saturated rings. The zero-order valence-corrected chi connectivity index (χ0v) is 10.7. The van der Waals surface area contributed by atoms with E-state index in [9.17, 15) is 9.59 Å². The number of pyridine rings is 1. The molecule has 0 unspecified atom stereocenters. The van der Waals surface area contributed by atoms with Gasteiger partial charge >= 0.3 is 5.97 Å². The van der Waals surface area contributed by atoms with Crippen LogP contribution in [0.15, 0.2) is 18.3 Å². The van der Waals surface area contributed by atoms with Crippen molar-refractivity contribution >= 4 is 17.9 Å². The number of anilines is 1. The third-order valence-corrected chi connectivity index (χ3v) is 3.20. The molecule has 0 amide bonds. The third kappa shape index (κ3) is 3.75. The lowest BCUT2D eigenvalue weighted by molar-refractivity contribution is -0.138. The molecule has 2 heterocycles. The summed E-state index contributed by atoms with van der Waals surface area (Å²) >= 11 is 0. The highest BCUT2D eigenvalue weighted by Crippen LogP contribution is 2.15. The number of carboxylic acids is 1. The molecule has 0 aromatic carbocycles. The molecule has 1 saturated heterocycles. The Morgan fingerprint density at radius 2 is 2.16 bits per heavy atom. The van der Waals surface area contributed by atoms with Crippen molar-refractivity contribution in [1.82, 2.24) is 9.88 Å². The van der Waals surface area contributed by atoms with Crippen molar-refractivity contribution in [2.45, 2.75) is 6.42 Å². The van der Waals surface area contributed by atoms with Gasteiger partial charge in [-0.3, -0.25) is 19.5 Å². The van der Waals surface area contributed by atoms with E-state index in [4.69, 9.17) is 5.11 Å². The number of hydrogen-bond acceptors (Lipinski definition) is 5. The number of aliphatic carboxylic acids is 1. The number of aldehydes is 1. The Morgan fingerprint density at radius 1 is 1.32 bits per heavy atom. The van der Waals surface area contributed by atoms with Crippen LogP contribution in [0, 0.1) is 0 Å². The number of carbonyl (C=O) groups is 2. The minimum absolute atomic E-state index is 0.0934. The first-order valence-electron chi connectivity index (χ1n) is 6.29. The zero-order valence-electron chi connectivity index (χ0n) is 10.7. The van der Waals surface area contributed by atoms with Crippen LogP contribution in [-0.2, 0) is 4.79 Å². The minimum atomic E-state index is -0.787. The van der Waals surface area contributed by atoms with Gasteiger partial charge in [0.2, 0.25) is 0 Å². The molecule has 0 spiro atoms. The summed E-state index contributed by atoms with van der Waals surface area (Å²) in [4.78, 5) is 29.4. The lowest BCUT2D eigenvalue weighted by Gasteiger charge is -2.22. The van der Waals surface area contributed by atoms with Gasteiger partial charge in [0.15, 0.2) is 6.29 Å². The topological polar surface area (TPSA) is 73.7 Å². The van der Waals surface area contributed by atoms with Crippen LogP contribution in [0.4, 0.5) is 5.69 Å². The first-order valence-corrected chi connectivity index (χ1v) is 6.29. The molecule has 1 aromatic rings. The van der Waals surface area contributed by atoms with Crippen LogP contribution in [0.3, 0.4) is 0 Å². The van der Waals surface area contributed by atoms with Gasteiger partial charge in [-0.2, -0.15) is 0 Å². The fraction of sp³-hybridized carbons (Fsp3) is 0.462. The molecular weight excluding hydrogens is 246 g/mol. The summed E-state index contributed by atoms with van der Waals surface area (Å²) in [5.41, 5.74) is 1.40. The molecule has 0 radical (unpaired) electrons. The van der Waals surface area contributed by atoms with Crippen molar-refractivity contribution in [3.05, 3.63) is 24.0 Å². The molecule has 0 bridgehead atoms. The second-order valence-electron chi connectivity index (χ2n) is 4.57. The maximum absolute atomic E-state index is 10.7. The Kier molecular flexibility index (Phi) is 4.46. The quantitative estimate of drug-likeness (QED) is 0.797. The molecule has 19 heavy (non-hydrogen) atoms. The first kappa shape index (κ1) is 13.5. The van der Waals surface area contributed by atoms with E-state index in [2.05, 4.69) is 9.88 Å². The van der Waals surface area contributed by atoms with Crippen LogP contribution in [-0.4, -0.2) is 60.0 Å². The highest BCUT2D eigenvalue weighted by atomic mass is 16.4. The molecule has 0 aliphatic carbocycles. The molecule has 1 aliphatic heterocycles. The van der Waals surface area contributed by atoms with E-state index in [0.29, 0.717) is 5.69 Å². The largest absolute Gasteiger partial charge is 0.480 e. The first-order chi connectivity index (χ1) is 9.19. The fourth-order valence-corrected chi connectivity index (χ4v) is 2.23. The van der Waals surface area contributed by atoms with Gasteiger partial charge in [0.1, 0.15) is 5.69 Å². The maximum atomic E-state index is 10.7. The highest BCUT2D eigenvalue weighted by molar-refractivity contribution is 5.72. The predicted octanol–water partition coefficient (Wildman–Crippen LogP) is 0.491. The van der Waals surface area contributed by atoms with Crippen molar-refractivity contribution in [2.24, 2.45) is 0 Å². The van der Waals surface area contributed by atoms with E-state index in [1.807, 2.05) is 11.0 Å². The van der Waals surface area contributed by atoms with Crippen LogP contribution >= 0.6 is 0 Å². The standard InChI is InChI=1S/C13H17N3O3/c17-10-11-2-3-12(8-14-11)16-5-1-4-15(6-7-16)9-13(18)19/h2-3,8,10H,1,4-7,9H2,(H,18,19). The summed E-state index contributed by atoms with van der Waals surface area (Å²) in [6, 6.07) is 3.58. The fourth-order valence-electron chi connectivity index (χ4n) is 2.23.